The zero-order chi connectivity index (χ0) is 17.0. The standard InChI is InChI=1S/C17H20N2O4/c1-17(2,3)14(20)11-23-16(21)15-13(22-4)10-19(18-15)12-8-6-5-7-9-12/h5-10H,11H2,1-4H3. The molecule has 0 fully saturated rings. The van der Waals surface area contributed by atoms with E-state index in [-0.39, 0.29) is 18.1 Å². The lowest BCUT2D eigenvalue weighted by atomic mass is 9.91. The molecule has 122 valence electrons. The van der Waals surface area contributed by atoms with Crippen molar-refractivity contribution in [1.29, 1.82) is 0 Å². The van der Waals surface area contributed by atoms with E-state index in [1.807, 2.05) is 30.3 Å². The first kappa shape index (κ1) is 16.7. The van der Waals surface area contributed by atoms with E-state index < -0.39 is 11.4 Å². The van der Waals surface area contributed by atoms with E-state index in [4.69, 9.17) is 9.47 Å². The fourth-order valence-corrected chi connectivity index (χ4v) is 1.78. The number of rotatable bonds is 5. The number of carbonyl (C=O) groups is 2. The molecule has 0 unspecified atom stereocenters. The molecule has 0 atom stereocenters. The highest BCUT2D eigenvalue weighted by Crippen LogP contribution is 2.21. The van der Waals surface area contributed by atoms with Crippen LogP contribution in [0.1, 0.15) is 31.3 Å². The Hall–Kier alpha value is -2.63. The highest BCUT2D eigenvalue weighted by Gasteiger charge is 2.25. The molecule has 0 amide bonds. The molecule has 1 aromatic carbocycles. The molecule has 0 saturated carbocycles. The van der Waals surface area contributed by atoms with Gasteiger partial charge in [0, 0.05) is 5.41 Å². The Balaban J connectivity index is 2.17. The third-order valence-corrected chi connectivity index (χ3v) is 3.29. The quantitative estimate of drug-likeness (QED) is 0.793. The summed E-state index contributed by atoms with van der Waals surface area (Å²) in [4.78, 5) is 24.0. The van der Waals surface area contributed by atoms with Crippen molar-refractivity contribution in [2.24, 2.45) is 5.41 Å². The number of ether oxygens (including phenoxy) is 2. The number of Topliss-reactive ketones (excluding diaryl/α,β-unsaturated/α-hetero) is 1. The number of hydrogen-bond acceptors (Lipinski definition) is 5. The van der Waals surface area contributed by atoms with Gasteiger partial charge in [0.1, 0.15) is 0 Å². The van der Waals surface area contributed by atoms with Gasteiger partial charge in [0.25, 0.3) is 0 Å². The van der Waals surface area contributed by atoms with E-state index in [1.54, 1.807) is 27.0 Å². The average molecular weight is 316 g/mol. The minimum absolute atomic E-state index is 0.0399. The van der Waals surface area contributed by atoms with Crippen LogP contribution in [0.5, 0.6) is 5.75 Å². The summed E-state index contributed by atoms with van der Waals surface area (Å²) >= 11 is 0. The Morgan fingerprint density at radius 3 is 2.39 bits per heavy atom. The van der Waals surface area contributed by atoms with Gasteiger partial charge in [-0.05, 0) is 12.1 Å². The van der Waals surface area contributed by atoms with Crippen LogP contribution in [0.3, 0.4) is 0 Å². The van der Waals surface area contributed by atoms with Crippen molar-refractivity contribution in [3.05, 3.63) is 42.2 Å². The molecule has 0 bridgehead atoms. The molecular formula is C17H20N2O4. The Morgan fingerprint density at radius 2 is 1.83 bits per heavy atom. The number of aromatic nitrogens is 2. The number of esters is 1. The van der Waals surface area contributed by atoms with Crippen LogP contribution in [-0.4, -0.2) is 35.2 Å². The summed E-state index contributed by atoms with van der Waals surface area (Å²) in [7, 11) is 1.45. The van der Waals surface area contributed by atoms with Crippen LogP contribution in [0.25, 0.3) is 5.69 Å². The Kier molecular flexibility index (Phi) is 4.83. The molecule has 0 aliphatic rings. The molecule has 0 radical (unpaired) electrons. The molecule has 6 nitrogen and oxygen atoms in total. The van der Waals surface area contributed by atoms with E-state index in [2.05, 4.69) is 5.10 Å². The van der Waals surface area contributed by atoms with E-state index in [9.17, 15) is 9.59 Å². The molecule has 2 aromatic rings. The first-order chi connectivity index (χ1) is 10.8. The molecule has 6 heteroatoms. The van der Waals surface area contributed by atoms with Gasteiger partial charge in [-0.2, -0.15) is 5.10 Å². The van der Waals surface area contributed by atoms with Crippen LogP contribution in [-0.2, 0) is 9.53 Å². The van der Waals surface area contributed by atoms with Gasteiger partial charge in [-0.1, -0.05) is 39.0 Å². The minimum atomic E-state index is -0.686. The summed E-state index contributed by atoms with van der Waals surface area (Å²) in [6, 6.07) is 9.32. The van der Waals surface area contributed by atoms with Crippen molar-refractivity contribution in [2.45, 2.75) is 20.8 Å². The first-order valence-electron chi connectivity index (χ1n) is 7.22. The predicted octanol–water partition coefficient (Wildman–Crippen LogP) is 2.65. The third kappa shape index (κ3) is 3.97. The monoisotopic (exact) mass is 316 g/mol. The number of methoxy groups -OCH3 is 1. The fourth-order valence-electron chi connectivity index (χ4n) is 1.78. The number of para-hydroxylation sites is 1. The molecule has 1 heterocycles. The highest BCUT2D eigenvalue weighted by molar-refractivity contribution is 5.93. The lowest BCUT2D eigenvalue weighted by Crippen LogP contribution is -2.26. The Bertz CT molecular complexity index is 699. The summed E-state index contributed by atoms with van der Waals surface area (Å²) in [6.07, 6.45) is 1.59. The Morgan fingerprint density at radius 1 is 1.17 bits per heavy atom. The topological polar surface area (TPSA) is 70.4 Å². The van der Waals surface area contributed by atoms with E-state index in [1.165, 1.54) is 11.8 Å². The molecule has 1 aromatic heterocycles. The maximum atomic E-state index is 12.2. The van der Waals surface area contributed by atoms with Gasteiger partial charge >= 0.3 is 5.97 Å². The molecule has 0 aliphatic carbocycles. The second kappa shape index (κ2) is 6.64. The van der Waals surface area contributed by atoms with Crippen LogP contribution >= 0.6 is 0 Å². The van der Waals surface area contributed by atoms with E-state index in [0.29, 0.717) is 5.75 Å². The van der Waals surface area contributed by atoms with Crippen LogP contribution in [0, 0.1) is 5.41 Å². The zero-order valence-corrected chi connectivity index (χ0v) is 13.7. The molecular weight excluding hydrogens is 296 g/mol. The lowest BCUT2D eigenvalue weighted by molar-refractivity contribution is -0.129. The maximum Gasteiger partial charge on any atom is 0.363 e. The molecule has 0 saturated heterocycles. The summed E-state index contributed by atoms with van der Waals surface area (Å²) < 4.78 is 11.8. The van der Waals surface area contributed by atoms with Gasteiger partial charge < -0.3 is 9.47 Å². The van der Waals surface area contributed by atoms with Crippen molar-refractivity contribution >= 4 is 11.8 Å². The van der Waals surface area contributed by atoms with Crippen LogP contribution in [0.4, 0.5) is 0 Å². The summed E-state index contributed by atoms with van der Waals surface area (Å²) in [5.74, 6) is -0.552. The third-order valence-electron chi connectivity index (χ3n) is 3.29. The highest BCUT2D eigenvalue weighted by atomic mass is 16.5. The number of hydrogen-bond donors (Lipinski definition) is 0. The van der Waals surface area contributed by atoms with E-state index in [0.717, 1.165) is 5.69 Å². The number of carbonyl (C=O) groups excluding carboxylic acids is 2. The SMILES string of the molecule is COc1cn(-c2ccccc2)nc1C(=O)OCC(=O)C(C)(C)C. The largest absolute Gasteiger partial charge is 0.493 e. The predicted molar refractivity (Wildman–Crippen MR) is 84.9 cm³/mol. The fraction of sp³-hybridized carbons (Fsp3) is 0.353. The molecule has 2 rings (SSSR count). The zero-order valence-electron chi connectivity index (χ0n) is 13.7. The normalized spacial score (nSPS) is 11.1. The molecule has 0 aliphatic heterocycles. The van der Waals surface area contributed by atoms with Crippen molar-refractivity contribution in [2.75, 3.05) is 13.7 Å². The number of nitrogens with zero attached hydrogens (tertiary/aromatic N) is 2. The average Bonchev–Trinajstić information content (AvgIpc) is 2.96. The minimum Gasteiger partial charge on any atom is -0.493 e. The van der Waals surface area contributed by atoms with Crippen LogP contribution < -0.4 is 4.74 Å². The van der Waals surface area contributed by atoms with Gasteiger partial charge in [0.15, 0.2) is 18.1 Å². The summed E-state index contributed by atoms with van der Waals surface area (Å²) in [6.45, 7) is 5.03. The molecule has 0 spiro atoms. The molecule has 23 heavy (non-hydrogen) atoms. The van der Waals surface area contributed by atoms with Gasteiger partial charge in [0.05, 0.1) is 19.0 Å². The first-order valence-corrected chi connectivity index (χ1v) is 7.22. The lowest BCUT2D eigenvalue weighted by Gasteiger charge is -2.15. The van der Waals surface area contributed by atoms with Crippen LogP contribution in [0.2, 0.25) is 0 Å². The van der Waals surface area contributed by atoms with Crippen molar-refractivity contribution in [3.63, 3.8) is 0 Å². The van der Waals surface area contributed by atoms with Gasteiger partial charge in [-0.15, -0.1) is 0 Å². The summed E-state index contributed by atoms with van der Waals surface area (Å²) in [5, 5.41) is 4.20. The smallest absolute Gasteiger partial charge is 0.363 e. The van der Waals surface area contributed by atoms with Gasteiger partial charge in [-0.3, -0.25) is 4.79 Å². The second-order valence-corrected chi connectivity index (χ2v) is 6.08. The molecule has 0 N–H and O–H groups in total. The van der Waals surface area contributed by atoms with Crippen molar-refractivity contribution < 1.29 is 19.1 Å². The van der Waals surface area contributed by atoms with Crippen LogP contribution in [0.15, 0.2) is 36.5 Å². The second-order valence-electron chi connectivity index (χ2n) is 6.08. The van der Waals surface area contributed by atoms with Gasteiger partial charge in [0.2, 0.25) is 5.69 Å². The van der Waals surface area contributed by atoms with Crippen molar-refractivity contribution in [1.82, 2.24) is 9.78 Å². The van der Waals surface area contributed by atoms with Crippen molar-refractivity contribution in [3.8, 4) is 11.4 Å². The number of benzene rings is 1. The number of ketones is 1. The van der Waals surface area contributed by atoms with E-state index >= 15 is 0 Å². The van der Waals surface area contributed by atoms with Gasteiger partial charge in [-0.25, -0.2) is 9.48 Å². The maximum absolute atomic E-state index is 12.2. The summed E-state index contributed by atoms with van der Waals surface area (Å²) in [5.41, 5.74) is 0.266. The Labute approximate surface area is 135 Å².